The number of ether oxygens (including phenoxy) is 1. The van der Waals surface area contributed by atoms with Gasteiger partial charge in [0.05, 0.1) is 35.1 Å². The molecule has 2 aromatic carbocycles. The second-order valence-electron chi connectivity index (χ2n) is 5.41. The Morgan fingerprint density at radius 3 is 2.69 bits per heavy atom. The topological polar surface area (TPSA) is 100 Å². The highest BCUT2D eigenvalue weighted by molar-refractivity contribution is 5.85. The van der Waals surface area contributed by atoms with Gasteiger partial charge in [0.15, 0.2) is 6.10 Å². The largest absolute Gasteiger partial charge is 0.481 e. The van der Waals surface area contributed by atoms with Crippen LogP contribution in [-0.2, 0) is 4.79 Å². The van der Waals surface area contributed by atoms with Crippen molar-refractivity contribution in [2.45, 2.75) is 13.0 Å². The third-order valence-corrected chi connectivity index (χ3v) is 3.50. The Hall–Kier alpha value is -3.79. The molecule has 0 fully saturated rings. The van der Waals surface area contributed by atoms with Crippen LogP contribution in [0.4, 0.5) is 0 Å². The van der Waals surface area contributed by atoms with Crippen LogP contribution < -0.4 is 10.2 Å². The molecule has 0 bridgehead atoms. The SMILES string of the molecule is C[C@H](Oc1ccc(C#N)cc1)C(=O)N/N=C\c1cnc2ccccc2n1. The highest BCUT2D eigenvalue weighted by Crippen LogP contribution is 2.13. The minimum Gasteiger partial charge on any atom is -0.481 e. The number of nitrogens with one attached hydrogen (secondary N) is 1. The molecule has 1 heterocycles. The summed E-state index contributed by atoms with van der Waals surface area (Å²) in [5.41, 5.74) is 5.00. The van der Waals surface area contributed by atoms with Gasteiger partial charge in [0.1, 0.15) is 11.4 Å². The molecule has 1 aromatic heterocycles. The molecular weight excluding hydrogens is 330 g/mol. The number of hydrogen-bond donors (Lipinski definition) is 1. The van der Waals surface area contributed by atoms with Crippen molar-refractivity contribution in [3.63, 3.8) is 0 Å². The Balaban J connectivity index is 1.57. The number of nitriles is 1. The molecule has 0 saturated heterocycles. The summed E-state index contributed by atoms with van der Waals surface area (Å²) in [7, 11) is 0. The van der Waals surface area contributed by atoms with E-state index in [0.29, 0.717) is 17.0 Å². The molecule has 26 heavy (non-hydrogen) atoms. The molecule has 3 aromatic rings. The quantitative estimate of drug-likeness (QED) is 0.565. The molecule has 1 amide bonds. The van der Waals surface area contributed by atoms with Crippen molar-refractivity contribution in [1.82, 2.24) is 15.4 Å². The van der Waals surface area contributed by atoms with Gasteiger partial charge in [0.2, 0.25) is 0 Å². The predicted molar refractivity (Wildman–Crippen MR) is 96.5 cm³/mol. The van der Waals surface area contributed by atoms with Crippen LogP contribution in [0, 0.1) is 11.3 Å². The summed E-state index contributed by atoms with van der Waals surface area (Å²) in [5, 5.41) is 12.7. The van der Waals surface area contributed by atoms with Gasteiger partial charge >= 0.3 is 0 Å². The van der Waals surface area contributed by atoms with Gasteiger partial charge in [-0.1, -0.05) is 12.1 Å². The zero-order chi connectivity index (χ0) is 18.4. The number of fused-ring (bicyclic) bond motifs is 1. The van der Waals surface area contributed by atoms with Gasteiger partial charge < -0.3 is 4.74 Å². The lowest BCUT2D eigenvalue weighted by Gasteiger charge is -2.12. The summed E-state index contributed by atoms with van der Waals surface area (Å²) < 4.78 is 5.51. The summed E-state index contributed by atoms with van der Waals surface area (Å²) >= 11 is 0. The molecule has 128 valence electrons. The van der Waals surface area contributed by atoms with Crippen LogP contribution in [0.25, 0.3) is 11.0 Å². The van der Waals surface area contributed by atoms with E-state index in [2.05, 4.69) is 20.5 Å². The van der Waals surface area contributed by atoms with Gasteiger partial charge in [-0.3, -0.25) is 9.78 Å². The van der Waals surface area contributed by atoms with Gasteiger partial charge in [-0.2, -0.15) is 10.4 Å². The number of hydrogen-bond acceptors (Lipinski definition) is 6. The Kier molecular flexibility index (Phi) is 5.15. The number of amides is 1. The zero-order valence-corrected chi connectivity index (χ0v) is 14.0. The van der Waals surface area contributed by atoms with E-state index in [1.54, 1.807) is 37.4 Å². The first-order chi connectivity index (χ1) is 12.7. The monoisotopic (exact) mass is 345 g/mol. The number of rotatable bonds is 5. The average molecular weight is 345 g/mol. The van der Waals surface area contributed by atoms with Crippen LogP contribution >= 0.6 is 0 Å². The number of carbonyl (C=O) groups is 1. The summed E-state index contributed by atoms with van der Waals surface area (Å²) in [4.78, 5) is 20.7. The first-order valence-electron chi connectivity index (χ1n) is 7.87. The molecule has 1 atom stereocenters. The fraction of sp³-hybridized carbons (Fsp3) is 0.105. The maximum Gasteiger partial charge on any atom is 0.280 e. The van der Waals surface area contributed by atoms with Crippen LogP contribution in [0.3, 0.4) is 0 Å². The van der Waals surface area contributed by atoms with E-state index in [0.717, 1.165) is 11.0 Å². The summed E-state index contributed by atoms with van der Waals surface area (Å²) in [6, 6.07) is 16.0. The summed E-state index contributed by atoms with van der Waals surface area (Å²) in [6.45, 7) is 1.61. The Bertz CT molecular complexity index is 993. The van der Waals surface area contributed by atoms with Crippen molar-refractivity contribution in [2.75, 3.05) is 0 Å². The maximum atomic E-state index is 12.0. The van der Waals surface area contributed by atoms with Crippen LogP contribution in [0.2, 0.25) is 0 Å². The molecule has 7 heteroatoms. The lowest BCUT2D eigenvalue weighted by molar-refractivity contribution is -0.127. The van der Waals surface area contributed by atoms with Crippen LogP contribution in [0.15, 0.2) is 59.8 Å². The first-order valence-corrected chi connectivity index (χ1v) is 7.87. The molecule has 7 nitrogen and oxygen atoms in total. The van der Waals surface area contributed by atoms with E-state index in [-0.39, 0.29) is 0 Å². The Morgan fingerprint density at radius 2 is 1.96 bits per heavy atom. The van der Waals surface area contributed by atoms with Crippen molar-refractivity contribution in [2.24, 2.45) is 5.10 Å². The van der Waals surface area contributed by atoms with E-state index in [1.807, 2.05) is 30.3 Å². The molecule has 0 radical (unpaired) electrons. The van der Waals surface area contributed by atoms with Crippen molar-refractivity contribution in [1.29, 1.82) is 5.26 Å². The van der Waals surface area contributed by atoms with Crippen molar-refractivity contribution in [3.05, 3.63) is 66.0 Å². The van der Waals surface area contributed by atoms with E-state index in [9.17, 15) is 4.79 Å². The number of nitrogens with zero attached hydrogens (tertiary/aromatic N) is 4. The van der Waals surface area contributed by atoms with E-state index < -0.39 is 12.0 Å². The van der Waals surface area contributed by atoms with E-state index in [1.165, 1.54) is 6.21 Å². The standard InChI is InChI=1S/C19H15N5O2/c1-13(26-16-8-6-14(10-20)7-9-16)19(25)24-22-12-15-11-21-17-4-2-3-5-18(17)23-15/h2-9,11-13H,1H3,(H,24,25)/b22-12-/t13-/m0/s1. The fourth-order valence-corrected chi connectivity index (χ4v) is 2.15. The second-order valence-corrected chi connectivity index (χ2v) is 5.41. The zero-order valence-electron chi connectivity index (χ0n) is 14.0. The van der Waals surface area contributed by atoms with Gasteiger partial charge in [0, 0.05) is 0 Å². The van der Waals surface area contributed by atoms with Crippen LogP contribution in [-0.4, -0.2) is 28.2 Å². The molecule has 1 N–H and O–H groups in total. The highest BCUT2D eigenvalue weighted by Gasteiger charge is 2.13. The lowest BCUT2D eigenvalue weighted by Crippen LogP contribution is -2.33. The number of carbonyl (C=O) groups excluding carboxylic acids is 1. The lowest BCUT2D eigenvalue weighted by atomic mass is 10.2. The predicted octanol–water partition coefficient (Wildman–Crippen LogP) is 2.42. The Morgan fingerprint density at radius 1 is 1.23 bits per heavy atom. The molecule has 0 aliphatic heterocycles. The van der Waals surface area contributed by atoms with Crippen molar-refractivity contribution in [3.8, 4) is 11.8 Å². The first kappa shape index (κ1) is 17.0. The van der Waals surface area contributed by atoms with Crippen molar-refractivity contribution >= 4 is 23.2 Å². The van der Waals surface area contributed by atoms with Gasteiger partial charge in [0.25, 0.3) is 5.91 Å². The minimum absolute atomic E-state index is 0.403. The Labute approximate surface area is 150 Å². The average Bonchev–Trinajstić information content (AvgIpc) is 2.68. The van der Waals surface area contributed by atoms with Gasteiger partial charge in [-0.05, 0) is 43.3 Å². The maximum absolute atomic E-state index is 12.0. The number of para-hydroxylation sites is 2. The minimum atomic E-state index is -0.747. The molecule has 0 spiro atoms. The van der Waals surface area contributed by atoms with Crippen LogP contribution in [0.5, 0.6) is 5.75 Å². The second kappa shape index (κ2) is 7.85. The number of hydrazone groups is 1. The molecule has 0 saturated carbocycles. The van der Waals surface area contributed by atoms with Crippen molar-refractivity contribution < 1.29 is 9.53 Å². The molecular formula is C19H15N5O2. The van der Waals surface area contributed by atoms with Gasteiger partial charge in [-0.25, -0.2) is 10.4 Å². The summed E-state index contributed by atoms with van der Waals surface area (Å²) in [6.07, 6.45) is 2.25. The smallest absolute Gasteiger partial charge is 0.280 e. The number of benzene rings is 2. The molecule has 0 aliphatic rings. The molecule has 3 rings (SSSR count). The summed E-state index contributed by atoms with van der Waals surface area (Å²) in [5.74, 6) is 0.0929. The molecule has 0 unspecified atom stereocenters. The van der Waals surface area contributed by atoms with Gasteiger partial charge in [-0.15, -0.1) is 0 Å². The van der Waals surface area contributed by atoms with E-state index in [4.69, 9.17) is 10.00 Å². The number of aromatic nitrogens is 2. The molecule has 0 aliphatic carbocycles. The van der Waals surface area contributed by atoms with E-state index >= 15 is 0 Å². The third kappa shape index (κ3) is 4.19. The van der Waals surface area contributed by atoms with Crippen LogP contribution in [0.1, 0.15) is 18.2 Å². The highest BCUT2D eigenvalue weighted by atomic mass is 16.5. The normalized spacial score (nSPS) is 11.8. The fourth-order valence-electron chi connectivity index (χ4n) is 2.15. The third-order valence-electron chi connectivity index (χ3n) is 3.50.